The predicted molar refractivity (Wildman–Crippen MR) is 106 cm³/mol. The highest BCUT2D eigenvalue weighted by Crippen LogP contribution is 2.51. The maximum Gasteiger partial charge on any atom is 0.220 e. The average Bonchev–Trinajstić information content (AvgIpc) is 2.36. The van der Waals surface area contributed by atoms with Crippen LogP contribution in [0, 0.1) is 13.8 Å². The van der Waals surface area contributed by atoms with Crippen molar-refractivity contribution in [3.05, 3.63) is 29.3 Å². The van der Waals surface area contributed by atoms with Crippen LogP contribution in [0.25, 0.3) is 0 Å². The van der Waals surface area contributed by atoms with Gasteiger partial charge in [-0.3, -0.25) is 0 Å². The summed E-state index contributed by atoms with van der Waals surface area (Å²) in [5, 5.41) is 1.04. The Bertz CT molecular complexity index is 497. The lowest BCUT2D eigenvalue weighted by molar-refractivity contribution is 0.258. The molecule has 0 heterocycles. The molecule has 21 heavy (non-hydrogen) atoms. The largest absolute Gasteiger partial charge is 0.326 e. The van der Waals surface area contributed by atoms with Crippen LogP contribution in [0.4, 0.5) is 0 Å². The smallest absolute Gasteiger partial charge is 0.220 e. The van der Waals surface area contributed by atoms with Crippen LogP contribution < -0.4 is 5.30 Å². The van der Waals surface area contributed by atoms with Gasteiger partial charge in [-0.1, -0.05) is 79.3 Å². The lowest BCUT2D eigenvalue weighted by Gasteiger charge is -2.27. The van der Waals surface area contributed by atoms with Crippen LogP contribution in [0.15, 0.2) is 18.2 Å². The highest BCUT2D eigenvalue weighted by molar-refractivity contribution is 9.39. The fraction of sp³-hybridized carbons (Fsp3) is 0.571. The van der Waals surface area contributed by atoms with Crippen molar-refractivity contribution in [2.45, 2.75) is 35.8 Å². The van der Waals surface area contributed by atoms with E-state index >= 15 is 0 Å². The van der Waals surface area contributed by atoms with Crippen LogP contribution in [-0.2, 0) is 20.9 Å². The maximum absolute atomic E-state index is 6.05. The highest BCUT2D eigenvalue weighted by Gasteiger charge is 2.30. The zero-order chi connectivity index (χ0) is 16.1. The molecule has 0 amide bonds. The monoisotopic (exact) mass is 520 g/mol. The summed E-state index contributed by atoms with van der Waals surface area (Å²) in [6.07, 6.45) is 2.05. The van der Waals surface area contributed by atoms with E-state index in [2.05, 4.69) is 80.7 Å². The fourth-order valence-corrected chi connectivity index (χ4v) is 6.09. The second kappa shape index (κ2) is 8.91. The Morgan fingerprint density at radius 2 is 1.71 bits per heavy atom. The van der Waals surface area contributed by atoms with E-state index in [1.807, 2.05) is 6.07 Å². The summed E-state index contributed by atoms with van der Waals surface area (Å²) in [4.78, 5) is 0. The van der Waals surface area contributed by atoms with Gasteiger partial charge in [0.15, 0.2) is 2.14 Å². The first-order valence-electron chi connectivity index (χ1n) is 6.72. The Morgan fingerprint density at radius 1 is 1.14 bits per heavy atom. The predicted octanol–water partition coefficient (Wildman–Crippen LogP) is 5.91. The van der Waals surface area contributed by atoms with Gasteiger partial charge in [0, 0.05) is 5.30 Å². The molecule has 0 saturated heterocycles. The molecule has 0 radical (unpaired) electrons. The van der Waals surface area contributed by atoms with Crippen molar-refractivity contribution < 1.29 is 9.05 Å². The third-order valence-corrected chi connectivity index (χ3v) is 6.98. The Labute approximate surface area is 157 Å². The summed E-state index contributed by atoms with van der Waals surface area (Å²) in [7, 11) is 0. The minimum atomic E-state index is -2.53. The first-order valence-corrected chi connectivity index (χ1v) is 11.7. The van der Waals surface area contributed by atoms with E-state index in [0.29, 0.717) is 13.2 Å². The third-order valence-electron chi connectivity index (χ3n) is 2.87. The van der Waals surface area contributed by atoms with E-state index in [1.54, 1.807) is 0 Å². The third kappa shape index (κ3) is 6.70. The zero-order valence-electron chi connectivity index (χ0n) is 12.4. The minimum absolute atomic E-state index is 0.365. The molecule has 1 aromatic rings. The van der Waals surface area contributed by atoms with Gasteiger partial charge in [-0.2, -0.15) is 0 Å². The number of halogens is 3. The molecule has 120 valence electrons. The molecule has 1 unspecified atom stereocenters. The van der Waals surface area contributed by atoms with Crippen LogP contribution in [0.1, 0.15) is 30.9 Å². The summed E-state index contributed by atoms with van der Waals surface area (Å²) in [5.41, 5.74) is 2.25. The average molecular weight is 523 g/mol. The lowest BCUT2D eigenvalue weighted by Crippen LogP contribution is -2.20. The molecule has 0 aliphatic carbocycles. The van der Waals surface area contributed by atoms with Crippen molar-refractivity contribution in [2.24, 2.45) is 0 Å². The van der Waals surface area contributed by atoms with Crippen LogP contribution in [0.5, 0.6) is 0 Å². The van der Waals surface area contributed by atoms with Crippen LogP contribution >= 0.6 is 54.3 Å². The van der Waals surface area contributed by atoms with Gasteiger partial charge < -0.3 is 9.05 Å². The number of hydrogen-bond donors (Lipinski definition) is 0. The molecule has 0 bridgehead atoms. The molecular weight excluding hydrogens is 503 g/mol. The number of hydrogen-bond acceptors (Lipinski definition) is 3. The van der Waals surface area contributed by atoms with Crippen molar-refractivity contribution in [3.63, 3.8) is 0 Å². The van der Waals surface area contributed by atoms with E-state index in [1.165, 1.54) is 0 Å². The van der Waals surface area contributed by atoms with Crippen molar-refractivity contribution in [1.29, 1.82) is 0 Å². The second-order valence-corrected chi connectivity index (χ2v) is 15.5. The maximum atomic E-state index is 6.05. The number of aryl methyl sites for hydroxylation is 2. The Balaban J connectivity index is 3.09. The summed E-state index contributed by atoms with van der Waals surface area (Å²) in [5.74, 6) is 0. The Kier molecular flexibility index (Phi) is 8.60. The summed E-state index contributed by atoms with van der Waals surface area (Å²) in [6.45, 7) is 4.70. The Morgan fingerprint density at radius 3 is 2.19 bits per heavy atom. The summed E-state index contributed by atoms with van der Waals surface area (Å²) >= 11 is 16.2. The van der Waals surface area contributed by atoms with Gasteiger partial charge in [-0.15, -0.1) is 0 Å². The molecular formula is C14H20Br3O2PS. The minimum Gasteiger partial charge on any atom is -0.326 e. The SMILES string of the molecule is CCCCOP(=S)(OCC(Br)(Br)Br)c1c(C)cccc1C. The van der Waals surface area contributed by atoms with Gasteiger partial charge in [-0.05, 0) is 43.2 Å². The van der Waals surface area contributed by atoms with Crippen molar-refractivity contribution in [3.8, 4) is 0 Å². The van der Waals surface area contributed by atoms with E-state index in [9.17, 15) is 0 Å². The van der Waals surface area contributed by atoms with Crippen molar-refractivity contribution >= 4 is 71.4 Å². The molecule has 0 N–H and O–H groups in total. The van der Waals surface area contributed by atoms with Gasteiger partial charge in [0.1, 0.15) is 0 Å². The number of unbranched alkanes of at least 4 members (excludes halogenated alkanes) is 1. The number of alkyl halides is 3. The molecule has 7 heteroatoms. The topological polar surface area (TPSA) is 18.5 Å². The summed E-state index contributed by atoms with van der Waals surface area (Å²) < 4.78 is 11.6. The van der Waals surface area contributed by atoms with Gasteiger partial charge in [0.2, 0.25) is 6.49 Å². The highest BCUT2D eigenvalue weighted by atomic mass is 80.0. The van der Waals surface area contributed by atoms with E-state index in [-0.39, 0.29) is 0 Å². The number of rotatable bonds is 7. The molecule has 1 aromatic carbocycles. The van der Waals surface area contributed by atoms with E-state index in [0.717, 1.165) is 29.3 Å². The molecule has 0 fully saturated rings. The quantitative estimate of drug-likeness (QED) is 0.252. The summed E-state index contributed by atoms with van der Waals surface area (Å²) in [6, 6.07) is 6.14. The lowest BCUT2D eigenvalue weighted by atomic mass is 10.2. The van der Waals surface area contributed by atoms with Gasteiger partial charge in [-0.25, -0.2) is 0 Å². The van der Waals surface area contributed by atoms with Crippen molar-refractivity contribution in [2.75, 3.05) is 13.2 Å². The van der Waals surface area contributed by atoms with Gasteiger partial charge in [0.25, 0.3) is 0 Å². The molecule has 0 saturated carbocycles. The molecule has 2 nitrogen and oxygen atoms in total. The molecule has 0 aliphatic heterocycles. The van der Waals surface area contributed by atoms with Crippen LogP contribution in [0.2, 0.25) is 0 Å². The molecule has 0 aliphatic rings. The Hall–Kier alpha value is 1.23. The standard InChI is InChI=1S/C14H20Br3O2PS/c1-4-5-9-18-20(21,19-10-14(15,16)17)13-11(2)7-6-8-12(13)3/h6-8H,4-5,9-10H2,1-3H3. The van der Waals surface area contributed by atoms with E-state index in [4.69, 9.17) is 20.9 Å². The first-order chi connectivity index (χ1) is 9.69. The van der Waals surface area contributed by atoms with Crippen LogP contribution in [0.3, 0.4) is 0 Å². The van der Waals surface area contributed by atoms with Gasteiger partial charge in [0.05, 0.1) is 13.2 Å². The van der Waals surface area contributed by atoms with E-state index < -0.39 is 8.63 Å². The van der Waals surface area contributed by atoms with Gasteiger partial charge >= 0.3 is 0 Å². The second-order valence-electron chi connectivity index (χ2n) is 4.81. The molecule has 1 rings (SSSR count). The van der Waals surface area contributed by atoms with Crippen LogP contribution in [-0.4, -0.2) is 15.4 Å². The zero-order valence-corrected chi connectivity index (χ0v) is 18.8. The molecule has 0 aromatic heterocycles. The number of benzene rings is 1. The molecule has 1 atom stereocenters. The normalized spacial score (nSPS) is 15.0. The fourth-order valence-electron chi connectivity index (χ4n) is 1.89. The first kappa shape index (κ1) is 20.3. The van der Waals surface area contributed by atoms with Crippen molar-refractivity contribution in [1.82, 2.24) is 0 Å². The molecule has 0 spiro atoms.